The summed E-state index contributed by atoms with van der Waals surface area (Å²) < 4.78 is 4.88. The van der Waals surface area contributed by atoms with Gasteiger partial charge in [0, 0.05) is 17.1 Å². The monoisotopic (exact) mass is 334 g/mol. The minimum Gasteiger partial charge on any atom is -0.490 e. The Kier molecular flexibility index (Phi) is 4.08. The molecule has 1 aromatic carbocycles. The molecule has 1 fully saturated rings. The van der Waals surface area contributed by atoms with Gasteiger partial charge in [-0.1, -0.05) is 6.07 Å². The summed E-state index contributed by atoms with van der Waals surface area (Å²) in [5, 5.41) is 10.7. The van der Waals surface area contributed by atoms with Gasteiger partial charge in [-0.05, 0) is 43.8 Å². The predicted octanol–water partition coefficient (Wildman–Crippen LogP) is 2.38. The number of thioether (sulfide) groups is 1. The van der Waals surface area contributed by atoms with Crippen LogP contribution in [0.2, 0.25) is 0 Å². The number of hydrogen-bond donors (Lipinski definition) is 2. The molecular weight excluding hydrogens is 316 g/mol. The lowest BCUT2D eigenvalue weighted by Crippen LogP contribution is -2.41. The van der Waals surface area contributed by atoms with Gasteiger partial charge in [0.1, 0.15) is 18.5 Å². The van der Waals surface area contributed by atoms with Gasteiger partial charge in [-0.2, -0.15) is 0 Å². The van der Waals surface area contributed by atoms with Crippen molar-refractivity contribution in [1.29, 1.82) is 0 Å². The number of aliphatic hydroxyl groups is 1. The van der Waals surface area contributed by atoms with Crippen molar-refractivity contribution in [1.82, 2.24) is 9.88 Å². The van der Waals surface area contributed by atoms with Crippen LogP contribution in [0.15, 0.2) is 30.5 Å². The van der Waals surface area contributed by atoms with Crippen molar-refractivity contribution < 1.29 is 19.4 Å². The first-order valence-electron chi connectivity index (χ1n) is 7.30. The van der Waals surface area contributed by atoms with Crippen LogP contribution < -0.4 is 4.74 Å². The Morgan fingerprint density at radius 3 is 2.83 bits per heavy atom. The highest BCUT2D eigenvalue weighted by Gasteiger charge is 2.46. The third-order valence-electron chi connectivity index (χ3n) is 3.70. The molecule has 1 aliphatic rings. The average molecular weight is 334 g/mol. The number of aromatic amines is 1. The Balaban J connectivity index is 1.62. The van der Waals surface area contributed by atoms with Gasteiger partial charge in [-0.3, -0.25) is 14.5 Å². The number of aromatic nitrogens is 1. The molecule has 1 aliphatic heterocycles. The fourth-order valence-electron chi connectivity index (χ4n) is 2.51. The standard InChI is InChI=1S/C16H18N2O4S/c1-16(2)14(20)18(15(21)23-16)8-10(19)9-22-13-5-3-4-12-11(13)6-7-17-12/h3-7,10,17,19H,8-9H2,1-2H3/t10-/m0/s1. The number of nitrogens with zero attached hydrogens (tertiary/aromatic N) is 1. The molecule has 0 bridgehead atoms. The lowest BCUT2D eigenvalue weighted by molar-refractivity contribution is -0.130. The van der Waals surface area contributed by atoms with Crippen LogP contribution in [-0.2, 0) is 4.79 Å². The van der Waals surface area contributed by atoms with Gasteiger partial charge in [-0.25, -0.2) is 0 Å². The minimum absolute atomic E-state index is 0.00640. The Morgan fingerprint density at radius 1 is 1.35 bits per heavy atom. The summed E-state index contributed by atoms with van der Waals surface area (Å²) in [5.41, 5.74) is 0.944. The Labute approximate surface area is 137 Å². The number of rotatable bonds is 5. The van der Waals surface area contributed by atoms with Gasteiger partial charge >= 0.3 is 0 Å². The molecule has 6 nitrogen and oxygen atoms in total. The second-order valence-electron chi connectivity index (χ2n) is 5.95. The number of benzene rings is 1. The van der Waals surface area contributed by atoms with Crippen molar-refractivity contribution in [2.75, 3.05) is 13.2 Å². The molecule has 0 radical (unpaired) electrons. The maximum Gasteiger partial charge on any atom is 0.289 e. The molecule has 2 aromatic rings. The molecule has 1 aromatic heterocycles. The normalized spacial score (nSPS) is 18.7. The first-order chi connectivity index (χ1) is 10.9. The van der Waals surface area contributed by atoms with Crippen LogP contribution in [0.1, 0.15) is 13.8 Å². The topological polar surface area (TPSA) is 82.6 Å². The van der Waals surface area contributed by atoms with E-state index >= 15 is 0 Å². The summed E-state index contributed by atoms with van der Waals surface area (Å²) in [6.07, 6.45) is 0.876. The average Bonchev–Trinajstić information content (AvgIpc) is 3.04. The number of H-pyrrole nitrogens is 1. The van der Waals surface area contributed by atoms with Crippen LogP contribution in [0.25, 0.3) is 10.9 Å². The maximum atomic E-state index is 12.1. The van der Waals surface area contributed by atoms with Crippen LogP contribution in [0, 0.1) is 0 Å². The van der Waals surface area contributed by atoms with Crippen LogP contribution in [-0.4, -0.2) is 50.1 Å². The number of fused-ring (bicyclic) bond motifs is 1. The summed E-state index contributed by atoms with van der Waals surface area (Å²) >= 11 is 0.980. The number of hydrogen-bond acceptors (Lipinski definition) is 5. The van der Waals surface area contributed by atoms with Crippen molar-refractivity contribution >= 4 is 33.8 Å². The van der Waals surface area contributed by atoms with Gasteiger partial charge in [0.25, 0.3) is 5.24 Å². The smallest absolute Gasteiger partial charge is 0.289 e. The highest BCUT2D eigenvalue weighted by Crippen LogP contribution is 2.36. The zero-order valence-electron chi connectivity index (χ0n) is 12.9. The number of β-amino-alcohol motifs (C(OH)–C–C–N with tert-alkyl or cyclic N) is 1. The molecule has 3 rings (SSSR count). The molecule has 0 unspecified atom stereocenters. The van der Waals surface area contributed by atoms with Crippen LogP contribution in [0.4, 0.5) is 4.79 Å². The minimum atomic E-state index is -0.938. The van der Waals surface area contributed by atoms with Crippen molar-refractivity contribution in [2.45, 2.75) is 24.7 Å². The van der Waals surface area contributed by atoms with E-state index in [4.69, 9.17) is 4.74 Å². The highest BCUT2D eigenvalue weighted by molar-refractivity contribution is 8.16. The number of aliphatic hydroxyl groups excluding tert-OH is 1. The summed E-state index contributed by atoms with van der Waals surface area (Å²) in [6, 6.07) is 7.49. The Morgan fingerprint density at radius 2 is 2.13 bits per heavy atom. The molecule has 0 saturated carbocycles. The zero-order chi connectivity index (χ0) is 16.6. The lowest BCUT2D eigenvalue weighted by atomic mass is 10.2. The summed E-state index contributed by atoms with van der Waals surface area (Å²) in [5.74, 6) is 0.371. The molecule has 2 N–H and O–H groups in total. The second-order valence-corrected chi connectivity index (χ2v) is 7.53. The molecule has 2 amide bonds. The van der Waals surface area contributed by atoms with Gasteiger partial charge in [-0.15, -0.1) is 0 Å². The highest BCUT2D eigenvalue weighted by atomic mass is 32.2. The fourth-order valence-corrected chi connectivity index (χ4v) is 3.42. The number of amides is 2. The first-order valence-corrected chi connectivity index (χ1v) is 8.12. The van der Waals surface area contributed by atoms with Gasteiger partial charge in [0.05, 0.1) is 11.3 Å². The zero-order valence-corrected chi connectivity index (χ0v) is 13.7. The van der Waals surface area contributed by atoms with Crippen molar-refractivity contribution in [3.8, 4) is 5.75 Å². The molecule has 0 spiro atoms. The van der Waals surface area contributed by atoms with E-state index in [0.29, 0.717) is 5.75 Å². The van der Waals surface area contributed by atoms with E-state index in [1.54, 1.807) is 13.8 Å². The van der Waals surface area contributed by atoms with Gasteiger partial charge < -0.3 is 14.8 Å². The molecular formula is C16H18N2O4S. The molecule has 23 heavy (non-hydrogen) atoms. The van der Waals surface area contributed by atoms with Crippen molar-refractivity contribution in [3.05, 3.63) is 30.5 Å². The number of imide groups is 1. The largest absolute Gasteiger partial charge is 0.490 e. The third-order valence-corrected chi connectivity index (χ3v) is 4.78. The third kappa shape index (κ3) is 3.07. The maximum absolute atomic E-state index is 12.1. The summed E-state index contributed by atoms with van der Waals surface area (Å²) in [4.78, 5) is 28.2. The van der Waals surface area contributed by atoms with E-state index in [0.717, 1.165) is 27.6 Å². The molecule has 1 saturated heterocycles. The van der Waals surface area contributed by atoms with Gasteiger partial charge in [0.15, 0.2) is 0 Å². The quantitative estimate of drug-likeness (QED) is 0.877. The molecule has 0 aliphatic carbocycles. The van der Waals surface area contributed by atoms with Gasteiger partial charge in [0.2, 0.25) is 5.91 Å². The van der Waals surface area contributed by atoms with E-state index in [1.165, 1.54) is 0 Å². The number of nitrogens with one attached hydrogen (secondary N) is 1. The van der Waals surface area contributed by atoms with Crippen LogP contribution in [0.3, 0.4) is 0 Å². The fraction of sp³-hybridized carbons (Fsp3) is 0.375. The summed E-state index contributed by atoms with van der Waals surface area (Å²) in [7, 11) is 0. The Hall–Kier alpha value is -1.99. The van der Waals surface area contributed by atoms with Crippen molar-refractivity contribution in [2.24, 2.45) is 0 Å². The number of carbonyl (C=O) groups excluding carboxylic acids is 2. The van der Waals surface area contributed by atoms with Crippen LogP contribution >= 0.6 is 11.8 Å². The van der Waals surface area contributed by atoms with E-state index in [1.807, 2.05) is 30.5 Å². The Bertz CT molecular complexity index is 755. The van der Waals surface area contributed by atoms with Crippen LogP contribution in [0.5, 0.6) is 5.75 Å². The van der Waals surface area contributed by atoms with Crippen molar-refractivity contribution in [3.63, 3.8) is 0 Å². The lowest BCUT2D eigenvalue weighted by Gasteiger charge is -2.20. The molecule has 2 heterocycles. The number of carbonyl (C=O) groups is 2. The molecule has 1 atom stereocenters. The number of ether oxygens (including phenoxy) is 1. The summed E-state index contributed by atoms with van der Waals surface area (Å²) in [6.45, 7) is 3.35. The van der Waals surface area contributed by atoms with E-state index < -0.39 is 10.9 Å². The molecule has 7 heteroatoms. The SMILES string of the molecule is CC1(C)SC(=O)N(C[C@H](O)COc2cccc3[nH]ccc23)C1=O. The molecule has 122 valence electrons. The van der Waals surface area contributed by atoms with E-state index in [-0.39, 0.29) is 24.3 Å². The predicted molar refractivity (Wildman–Crippen MR) is 88.6 cm³/mol. The second kappa shape index (κ2) is 5.90. The van der Waals surface area contributed by atoms with E-state index in [9.17, 15) is 14.7 Å². The first kappa shape index (κ1) is 15.9. The van der Waals surface area contributed by atoms with E-state index in [2.05, 4.69) is 4.98 Å².